The Bertz CT molecular complexity index is 787. The molecule has 1 aromatic heterocycles. The summed E-state index contributed by atoms with van der Waals surface area (Å²) in [6, 6.07) is 17.6. The average Bonchev–Trinajstić information content (AvgIpc) is 2.54. The van der Waals surface area contributed by atoms with Crippen LogP contribution in [0.5, 0.6) is 0 Å². The van der Waals surface area contributed by atoms with Crippen LogP contribution in [0.2, 0.25) is 5.15 Å². The smallest absolute Gasteiger partial charge is 0.179 e. The number of nitrogens with zero attached hydrogens (tertiary/aromatic N) is 4. The van der Waals surface area contributed by atoms with E-state index in [9.17, 15) is 0 Å². The van der Waals surface area contributed by atoms with Crippen LogP contribution in [0.1, 0.15) is 5.56 Å². The van der Waals surface area contributed by atoms with E-state index in [4.69, 9.17) is 11.6 Å². The Morgan fingerprint density at radius 3 is 2.38 bits per heavy atom. The molecule has 0 aliphatic carbocycles. The minimum absolute atomic E-state index is 0.398. The van der Waals surface area contributed by atoms with Gasteiger partial charge in [0.1, 0.15) is 0 Å². The first-order valence-corrected chi connectivity index (χ1v) is 6.87. The van der Waals surface area contributed by atoms with E-state index in [0.29, 0.717) is 11.0 Å². The molecule has 0 radical (unpaired) electrons. The fraction of sp³-hybridized carbons (Fsp3) is 0.0625. The Balaban J connectivity index is 1.97. The number of hydrazone groups is 1. The first kappa shape index (κ1) is 13.5. The highest BCUT2D eigenvalue weighted by molar-refractivity contribution is 6.34. The molecule has 104 valence electrons. The molecule has 0 aliphatic heterocycles. The van der Waals surface area contributed by atoms with Gasteiger partial charge in [0.25, 0.3) is 0 Å². The van der Waals surface area contributed by atoms with Crippen molar-refractivity contribution in [3.05, 3.63) is 65.3 Å². The monoisotopic (exact) mass is 296 g/mol. The second-order valence-corrected chi connectivity index (χ2v) is 4.90. The van der Waals surface area contributed by atoms with E-state index in [0.717, 1.165) is 16.3 Å². The van der Waals surface area contributed by atoms with Crippen molar-refractivity contribution in [2.75, 3.05) is 12.1 Å². The number of hydrogen-bond donors (Lipinski definition) is 0. The standard InChI is InChI=1S/C16H13ClN4/c1-21(18-11-12-7-3-2-4-8-12)16-14-10-6-5-9-13(14)15(17)19-20-16/h2-11H,1H3/b18-11+. The number of benzene rings is 2. The molecule has 0 aliphatic rings. The van der Waals surface area contributed by atoms with Crippen molar-refractivity contribution in [2.24, 2.45) is 5.10 Å². The summed E-state index contributed by atoms with van der Waals surface area (Å²) in [4.78, 5) is 0. The Hall–Kier alpha value is -2.46. The fourth-order valence-corrected chi connectivity index (χ4v) is 2.25. The Morgan fingerprint density at radius 2 is 1.62 bits per heavy atom. The molecule has 5 heteroatoms. The van der Waals surface area contributed by atoms with Gasteiger partial charge >= 0.3 is 0 Å². The molecule has 3 rings (SSSR count). The minimum Gasteiger partial charge on any atom is -0.249 e. The summed E-state index contributed by atoms with van der Waals surface area (Å²) in [5.41, 5.74) is 1.02. The van der Waals surface area contributed by atoms with E-state index in [2.05, 4.69) is 15.3 Å². The Kier molecular flexibility index (Phi) is 3.79. The zero-order valence-corrected chi connectivity index (χ0v) is 12.2. The van der Waals surface area contributed by atoms with Crippen LogP contribution in [0.15, 0.2) is 59.7 Å². The van der Waals surface area contributed by atoms with Gasteiger partial charge in [-0.1, -0.05) is 66.2 Å². The molecular formula is C16H13ClN4. The van der Waals surface area contributed by atoms with E-state index in [1.807, 2.05) is 61.6 Å². The third kappa shape index (κ3) is 2.85. The molecule has 3 aromatic rings. The molecule has 0 spiro atoms. The zero-order valence-electron chi connectivity index (χ0n) is 11.4. The van der Waals surface area contributed by atoms with Crippen LogP contribution in [0.4, 0.5) is 5.82 Å². The third-order valence-electron chi connectivity index (χ3n) is 3.11. The molecule has 0 atom stereocenters. The minimum atomic E-state index is 0.398. The quantitative estimate of drug-likeness (QED) is 0.546. The number of hydrogen-bond acceptors (Lipinski definition) is 4. The molecule has 21 heavy (non-hydrogen) atoms. The number of halogens is 1. The van der Waals surface area contributed by atoms with E-state index < -0.39 is 0 Å². The second kappa shape index (κ2) is 5.89. The zero-order chi connectivity index (χ0) is 14.7. The summed E-state index contributed by atoms with van der Waals surface area (Å²) in [6.45, 7) is 0. The lowest BCUT2D eigenvalue weighted by Gasteiger charge is -2.13. The van der Waals surface area contributed by atoms with Gasteiger partial charge in [-0.25, -0.2) is 5.01 Å². The normalized spacial score (nSPS) is 11.1. The summed E-state index contributed by atoms with van der Waals surface area (Å²) in [7, 11) is 1.84. The van der Waals surface area contributed by atoms with Crippen molar-refractivity contribution in [3.63, 3.8) is 0 Å². The van der Waals surface area contributed by atoms with Gasteiger partial charge in [-0.2, -0.15) is 5.10 Å². The number of fused-ring (bicyclic) bond motifs is 1. The van der Waals surface area contributed by atoms with Gasteiger partial charge in [-0.3, -0.25) is 0 Å². The van der Waals surface area contributed by atoms with Crippen LogP contribution in [0.25, 0.3) is 10.8 Å². The van der Waals surface area contributed by atoms with Crippen LogP contribution >= 0.6 is 11.6 Å². The summed E-state index contributed by atoms with van der Waals surface area (Å²) in [5, 5.41) is 16.4. The molecule has 0 fully saturated rings. The highest BCUT2D eigenvalue weighted by atomic mass is 35.5. The van der Waals surface area contributed by atoms with Crippen LogP contribution in [-0.2, 0) is 0 Å². The van der Waals surface area contributed by atoms with Crippen LogP contribution < -0.4 is 5.01 Å². The third-order valence-corrected chi connectivity index (χ3v) is 3.39. The predicted octanol–water partition coefficient (Wildman–Crippen LogP) is 3.75. The largest absolute Gasteiger partial charge is 0.249 e. The molecule has 0 unspecified atom stereocenters. The molecule has 0 N–H and O–H groups in total. The van der Waals surface area contributed by atoms with Gasteiger partial charge in [0.05, 0.1) is 6.21 Å². The predicted molar refractivity (Wildman–Crippen MR) is 87.0 cm³/mol. The summed E-state index contributed by atoms with van der Waals surface area (Å²) in [6.07, 6.45) is 1.78. The molecule has 4 nitrogen and oxygen atoms in total. The van der Waals surface area contributed by atoms with E-state index in [-0.39, 0.29) is 0 Å². The highest BCUT2D eigenvalue weighted by Crippen LogP contribution is 2.27. The number of aromatic nitrogens is 2. The lowest BCUT2D eigenvalue weighted by Crippen LogP contribution is -2.12. The van der Waals surface area contributed by atoms with Crippen LogP contribution in [0.3, 0.4) is 0 Å². The second-order valence-electron chi connectivity index (χ2n) is 4.54. The molecule has 0 saturated heterocycles. The molecular weight excluding hydrogens is 284 g/mol. The van der Waals surface area contributed by atoms with E-state index >= 15 is 0 Å². The van der Waals surface area contributed by atoms with Crippen molar-refractivity contribution in [1.29, 1.82) is 0 Å². The van der Waals surface area contributed by atoms with Crippen molar-refractivity contribution in [1.82, 2.24) is 10.2 Å². The van der Waals surface area contributed by atoms with Crippen LogP contribution in [0, 0.1) is 0 Å². The molecule has 0 bridgehead atoms. The first-order valence-electron chi connectivity index (χ1n) is 6.49. The maximum Gasteiger partial charge on any atom is 0.179 e. The van der Waals surface area contributed by atoms with Gasteiger partial charge < -0.3 is 0 Å². The summed E-state index contributed by atoms with van der Waals surface area (Å²) < 4.78 is 0. The fourth-order valence-electron chi connectivity index (χ4n) is 2.04. The van der Waals surface area contributed by atoms with Crippen LogP contribution in [-0.4, -0.2) is 23.5 Å². The lowest BCUT2D eigenvalue weighted by atomic mass is 10.2. The highest BCUT2D eigenvalue weighted by Gasteiger charge is 2.10. The molecule has 2 aromatic carbocycles. The maximum atomic E-state index is 6.08. The van der Waals surface area contributed by atoms with Crippen molar-refractivity contribution in [3.8, 4) is 0 Å². The van der Waals surface area contributed by atoms with Crippen molar-refractivity contribution >= 4 is 34.4 Å². The van der Waals surface area contributed by atoms with E-state index in [1.165, 1.54) is 0 Å². The Labute approximate surface area is 127 Å². The summed E-state index contributed by atoms with van der Waals surface area (Å²) in [5.74, 6) is 0.669. The topological polar surface area (TPSA) is 41.4 Å². The summed E-state index contributed by atoms with van der Waals surface area (Å²) >= 11 is 6.08. The van der Waals surface area contributed by atoms with Gasteiger partial charge in [0.15, 0.2) is 11.0 Å². The van der Waals surface area contributed by atoms with E-state index in [1.54, 1.807) is 11.2 Å². The molecule has 0 amide bonds. The lowest BCUT2D eigenvalue weighted by molar-refractivity contribution is 0.936. The number of anilines is 1. The van der Waals surface area contributed by atoms with Gasteiger partial charge in [0.2, 0.25) is 0 Å². The maximum absolute atomic E-state index is 6.08. The van der Waals surface area contributed by atoms with Crippen molar-refractivity contribution in [2.45, 2.75) is 0 Å². The van der Waals surface area contributed by atoms with Gasteiger partial charge in [-0.15, -0.1) is 10.2 Å². The van der Waals surface area contributed by atoms with Gasteiger partial charge in [-0.05, 0) is 5.56 Å². The molecule has 1 heterocycles. The first-order chi connectivity index (χ1) is 10.3. The molecule has 0 saturated carbocycles. The van der Waals surface area contributed by atoms with Gasteiger partial charge in [0, 0.05) is 17.8 Å². The SMILES string of the molecule is CN(/N=C/c1ccccc1)c1nnc(Cl)c2ccccc12. The Morgan fingerprint density at radius 1 is 0.952 bits per heavy atom. The average molecular weight is 297 g/mol. The number of rotatable bonds is 3. The van der Waals surface area contributed by atoms with Crippen molar-refractivity contribution < 1.29 is 0 Å².